The van der Waals surface area contributed by atoms with Crippen LogP contribution in [0.25, 0.3) is 10.9 Å². The molecular weight excluding hydrogens is 486 g/mol. The van der Waals surface area contributed by atoms with Gasteiger partial charge >= 0.3 is 11.9 Å². The summed E-state index contributed by atoms with van der Waals surface area (Å²) in [6, 6.07) is 2.61. The largest absolute Gasteiger partial charge is 0.481 e. The van der Waals surface area contributed by atoms with Crippen molar-refractivity contribution in [2.75, 3.05) is 13.2 Å². The van der Waals surface area contributed by atoms with E-state index in [1.54, 1.807) is 6.20 Å². The maximum absolute atomic E-state index is 13.7. The van der Waals surface area contributed by atoms with Gasteiger partial charge < -0.3 is 41.6 Å². The summed E-state index contributed by atoms with van der Waals surface area (Å²) < 4.78 is 0. The number of carboxylic acids is 2. The summed E-state index contributed by atoms with van der Waals surface area (Å²) in [7, 11) is 0. The molecule has 37 heavy (non-hydrogen) atoms. The molecule has 8 N–H and O–H groups in total. The number of amides is 3. The van der Waals surface area contributed by atoms with E-state index in [2.05, 4.69) is 15.6 Å². The van der Waals surface area contributed by atoms with Gasteiger partial charge in [-0.05, 0) is 30.9 Å². The van der Waals surface area contributed by atoms with Crippen molar-refractivity contribution in [3.8, 4) is 0 Å². The molecule has 1 aliphatic heterocycles. The summed E-state index contributed by atoms with van der Waals surface area (Å²) in [6.07, 6.45) is 2.10. The van der Waals surface area contributed by atoms with E-state index in [9.17, 15) is 29.1 Å². The second-order valence-electron chi connectivity index (χ2n) is 8.94. The van der Waals surface area contributed by atoms with Crippen molar-refractivity contribution >= 4 is 40.6 Å². The van der Waals surface area contributed by atoms with E-state index in [1.165, 1.54) is 4.90 Å². The Morgan fingerprint density at radius 2 is 1.84 bits per heavy atom. The normalized spacial score (nSPS) is 17.7. The molecule has 0 aliphatic carbocycles. The van der Waals surface area contributed by atoms with Crippen molar-refractivity contribution in [3.05, 3.63) is 36.0 Å². The molecule has 2 heterocycles. The zero-order valence-corrected chi connectivity index (χ0v) is 20.1. The van der Waals surface area contributed by atoms with Gasteiger partial charge in [-0.3, -0.25) is 19.2 Å². The van der Waals surface area contributed by atoms with Gasteiger partial charge in [0.1, 0.15) is 18.1 Å². The minimum Gasteiger partial charge on any atom is -0.481 e. The van der Waals surface area contributed by atoms with E-state index in [0.29, 0.717) is 6.42 Å². The Balaban J connectivity index is 1.83. The number of hydrogen-bond acceptors (Lipinski definition) is 7. The molecule has 1 fully saturated rings. The van der Waals surface area contributed by atoms with Gasteiger partial charge in [0.2, 0.25) is 17.7 Å². The minimum absolute atomic E-state index is 0.0689. The molecule has 0 spiro atoms. The maximum atomic E-state index is 13.7. The first-order valence-electron chi connectivity index (χ1n) is 11.9. The monoisotopic (exact) mass is 517 g/mol. The quantitative estimate of drug-likeness (QED) is 0.182. The molecular formula is C24H31N5O8. The zero-order chi connectivity index (χ0) is 27.1. The number of aromatic amines is 1. The number of aromatic nitrogens is 1. The van der Waals surface area contributed by atoms with E-state index < -0.39 is 60.4 Å². The highest BCUT2D eigenvalue weighted by atomic mass is 16.4. The number of hydrogen-bond donors (Lipinski definition) is 7. The minimum atomic E-state index is -1.51. The molecule has 3 amide bonds. The van der Waals surface area contributed by atoms with E-state index in [4.69, 9.17) is 15.9 Å². The lowest BCUT2D eigenvalue weighted by Gasteiger charge is -2.30. The number of H-pyrrole nitrogens is 1. The number of nitrogens with two attached hydrogens (primary N) is 1. The summed E-state index contributed by atoms with van der Waals surface area (Å²) in [4.78, 5) is 65.7. The van der Waals surface area contributed by atoms with Gasteiger partial charge in [0.15, 0.2) is 0 Å². The molecule has 13 heteroatoms. The van der Waals surface area contributed by atoms with Crippen molar-refractivity contribution in [3.63, 3.8) is 0 Å². The Labute approximate surface area is 212 Å². The fraction of sp³-hybridized carbons (Fsp3) is 0.458. The molecule has 0 saturated carbocycles. The van der Waals surface area contributed by atoms with E-state index >= 15 is 0 Å². The van der Waals surface area contributed by atoms with Crippen LogP contribution >= 0.6 is 0 Å². The predicted octanol–water partition coefficient (Wildman–Crippen LogP) is -1.06. The maximum Gasteiger partial charge on any atom is 0.328 e. The molecule has 2 aromatic rings. The lowest BCUT2D eigenvalue weighted by atomic mass is 10.0. The standard InChI is InChI=1S/C24H31N5O8/c25-15(7-8-20(31)32)21(33)27-17(10-13-11-26-16-5-2-1-4-14(13)16)23(35)29-9-3-6-19(29)22(34)28-18(12-30)24(36)37/h1-2,4-5,11,15,17-19,26,30H,3,6-10,12,25H2,(H,27,33)(H,28,34)(H,31,32)(H,36,37). The first kappa shape index (κ1) is 27.6. The van der Waals surface area contributed by atoms with Crippen LogP contribution in [0.5, 0.6) is 0 Å². The molecule has 1 aromatic heterocycles. The van der Waals surface area contributed by atoms with Gasteiger partial charge in [-0.25, -0.2) is 4.79 Å². The Morgan fingerprint density at radius 1 is 1.11 bits per heavy atom. The predicted molar refractivity (Wildman–Crippen MR) is 130 cm³/mol. The zero-order valence-electron chi connectivity index (χ0n) is 20.1. The Morgan fingerprint density at radius 3 is 2.51 bits per heavy atom. The van der Waals surface area contributed by atoms with Crippen LogP contribution in [0.3, 0.4) is 0 Å². The molecule has 0 radical (unpaired) electrons. The third kappa shape index (κ3) is 6.83. The number of aliphatic hydroxyl groups excluding tert-OH is 1. The number of fused-ring (bicyclic) bond motifs is 1. The van der Waals surface area contributed by atoms with Crippen LogP contribution < -0.4 is 16.4 Å². The summed E-state index contributed by atoms with van der Waals surface area (Å²) in [5.41, 5.74) is 7.42. The fourth-order valence-corrected chi connectivity index (χ4v) is 4.37. The van der Waals surface area contributed by atoms with Gasteiger partial charge in [-0.15, -0.1) is 0 Å². The van der Waals surface area contributed by atoms with E-state index in [-0.39, 0.29) is 32.2 Å². The highest BCUT2D eigenvalue weighted by molar-refractivity contribution is 5.95. The smallest absolute Gasteiger partial charge is 0.328 e. The lowest BCUT2D eigenvalue weighted by Crippen LogP contribution is -2.57. The second kappa shape index (κ2) is 12.3. The van der Waals surface area contributed by atoms with Crippen molar-refractivity contribution < 1.29 is 39.3 Å². The number of carbonyl (C=O) groups is 5. The van der Waals surface area contributed by atoms with E-state index in [1.807, 2.05) is 24.3 Å². The summed E-state index contributed by atoms with van der Waals surface area (Å²) in [5.74, 6) is -4.50. The number of para-hydroxylation sites is 1. The molecule has 1 saturated heterocycles. The third-order valence-corrected chi connectivity index (χ3v) is 6.36. The number of carboxylic acid groups (broad SMARTS) is 2. The highest BCUT2D eigenvalue weighted by Crippen LogP contribution is 2.23. The van der Waals surface area contributed by atoms with Gasteiger partial charge in [0, 0.05) is 36.5 Å². The summed E-state index contributed by atoms with van der Waals surface area (Å²) in [6.45, 7) is -0.603. The number of rotatable bonds is 12. The number of nitrogens with zero attached hydrogens (tertiary/aromatic N) is 1. The number of aliphatic carboxylic acids is 2. The molecule has 4 atom stereocenters. The third-order valence-electron chi connectivity index (χ3n) is 6.36. The molecule has 1 aromatic carbocycles. The summed E-state index contributed by atoms with van der Waals surface area (Å²) >= 11 is 0. The van der Waals surface area contributed by atoms with Crippen LogP contribution in [0.1, 0.15) is 31.2 Å². The molecule has 1 aliphatic rings. The van der Waals surface area contributed by atoms with Gasteiger partial charge in [0.25, 0.3) is 0 Å². The van der Waals surface area contributed by atoms with Gasteiger partial charge in [0.05, 0.1) is 12.6 Å². The number of aliphatic hydroxyl groups is 1. The lowest BCUT2D eigenvalue weighted by molar-refractivity contribution is -0.145. The Hall–Kier alpha value is -3.97. The second-order valence-corrected chi connectivity index (χ2v) is 8.94. The van der Waals surface area contributed by atoms with Crippen LogP contribution in [-0.4, -0.2) is 92.2 Å². The molecule has 0 bridgehead atoms. The number of likely N-dealkylation sites (tertiary alicyclic amines) is 1. The fourth-order valence-electron chi connectivity index (χ4n) is 4.37. The van der Waals surface area contributed by atoms with Crippen LogP contribution in [0.4, 0.5) is 0 Å². The van der Waals surface area contributed by atoms with Crippen LogP contribution in [0, 0.1) is 0 Å². The first-order chi connectivity index (χ1) is 17.6. The average molecular weight is 518 g/mol. The number of benzene rings is 1. The first-order valence-corrected chi connectivity index (χ1v) is 11.9. The van der Waals surface area contributed by atoms with Crippen molar-refractivity contribution in [1.29, 1.82) is 0 Å². The number of carbonyl (C=O) groups excluding carboxylic acids is 3. The molecule has 13 nitrogen and oxygen atoms in total. The van der Waals surface area contributed by atoms with Crippen LogP contribution in [-0.2, 0) is 30.4 Å². The van der Waals surface area contributed by atoms with Gasteiger partial charge in [-0.2, -0.15) is 0 Å². The van der Waals surface area contributed by atoms with Gasteiger partial charge in [-0.1, -0.05) is 18.2 Å². The van der Waals surface area contributed by atoms with Crippen LogP contribution in [0.15, 0.2) is 30.5 Å². The Kier molecular flexibility index (Phi) is 9.20. The summed E-state index contributed by atoms with van der Waals surface area (Å²) in [5, 5.41) is 33.0. The Bertz CT molecular complexity index is 1160. The highest BCUT2D eigenvalue weighted by Gasteiger charge is 2.39. The molecule has 4 unspecified atom stereocenters. The van der Waals surface area contributed by atoms with Crippen molar-refractivity contribution in [2.45, 2.75) is 56.3 Å². The molecule has 3 rings (SSSR count). The van der Waals surface area contributed by atoms with Crippen molar-refractivity contribution in [2.24, 2.45) is 5.73 Å². The van der Waals surface area contributed by atoms with E-state index in [0.717, 1.165) is 16.5 Å². The average Bonchev–Trinajstić information content (AvgIpc) is 3.52. The SMILES string of the molecule is NC(CCC(=O)O)C(=O)NC(Cc1c[nH]c2ccccc12)C(=O)N1CCCC1C(=O)NC(CO)C(=O)O. The topological polar surface area (TPSA) is 215 Å². The van der Waals surface area contributed by atoms with Crippen molar-refractivity contribution in [1.82, 2.24) is 20.5 Å². The molecule has 200 valence electrons. The number of nitrogens with one attached hydrogen (secondary N) is 3. The van der Waals surface area contributed by atoms with Crippen LogP contribution in [0.2, 0.25) is 0 Å².